The van der Waals surface area contributed by atoms with E-state index in [2.05, 4.69) is 31.0 Å². The Morgan fingerprint density at radius 2 is 1.70 bits per heavy atom. The number of benzene rings is 5. The van der Waals surface area contributed by atoms with Crippen LogP contribution in [0.15, 0.2) is 106 Å². The molecule has 0 saturated carbocycles. The number of amides is 1. The molecule has 0 saturated heterocycles. The average molecular weight is 589 g/mol. The number of nitrogens with one attached hydrogen (secondary N) is 4. The first-order valence-electron chi connectivity index (χ1n) is 13.7. The second kappa shape index (κ2) is 12.1. The number of fused-ring (bicyclic) bond motifs is 2. The quantitative estimate of drug-likeness (QED) is 0.0886. The number of azo groups is 1. The molecule has 220 valence electrons. The fraction of sp³-hybridized carbons (Fsp3) is 0.0909. The van der Waals surface area contributed by atoms with Crippen molar-refractivity contribution in [2.45, 2.75) is 13.5 Å². The lowest BCUT2D eigenvalue weighted by atomic mass is 10.0. The van der Waals surface area contributed by atoms with Crippen LogP contribution in [0.2, 0.25) is 0 Å². The van der Waals surface area contributed by atoms with E-state index in [-0.39, 0.29) is 29.3 Å². The van der Waals surface area contributed by atoms with Crippen LogP contribution < -0.4 is 21.2 Å². The molecule has 0 atom stereocenters. The second-order valence-corrected chi connectivity index (χ2v) is 10.1. The molecule has 0 radical (unpaired) electrons. The van der Waals surface area contributed by atoms with Crippen molar-refractivity contribution in [3.63, 3.8) is 0 Å². The SMILES string of the molecule is COc1ccc(CONc2ccccc2)cc1N=Nc1c(O)c(C(=O)Nc2ccc3[nH]c(=O)[nH]c3c2)cc2cc(C)ccc12. The molecular weight excluding hydrogens is 560 g/mol. The third-order valence-electron chi connectivity index (χ3n) is 6.96. The minimum Gasteiger partial charge on any atom is -0.505 e. The number of phenolic OH excluding ortho intramolecular Hbond substituents is 1. The number of aryl methyl sites for hydroxylation is 1. The maximum atomic E-state index is 13.4. The lowest BCUT2D eigenvalue weighted by Crippen LogP contribution is -2.12. The fourth-order valence-corrected chi connectivity index (χ4v) is 4.80. The third-order valence-corrected chi connectivity index (χ3v) is 6.96. The number of carbonyl (C=O) groups is 1. The molecule has 0 unspecified atom stereocenters. The molecule has 44 heavy (non-hydrogen) atoms. The summed E-state index contributed by atoms with van der Waals surface area (Å²) in [6, 6.07) is 27.1. The largest absolute Gasteiger partial charge is 0.505 e. The smallest absolute Gasteiger partial charge is 0.323 e. The Balaban J connectivity index is 1.31. The molecule has 0 spiro atoms. The normalized spacial score (nSPS) is 11.3. The van der Waals surface area contributed by atoms with Crippen LogP contribution in [0.5, 0.6) is 11.5 Å². The Kier molecular flexibility index (Phi) is 7.76. The van der Waals surface area contributed by atoms with Crippen molar-refractivity contribution in [3.05, 3.63) is 118 Å². The number of imidazole rings is 1. The van der Waals surface area contributed by atoms with Gasteiger partial charge in [0.1, 0.15) is 17.1 Å². The summed E-state index contributed by atoms with van der Waals surface area (Å²) in [4.78, 5) is 36.0. The number of aromatic hydroxyl groups is 1. The summed E-state index contributed by atoms with van der Waals surface area (Å²) in [6.07, 6.45) is 0. The molecular formula is C33H28N6O5. The van der Waals surface area contributed by atoms with Gasteiger partial charge >= 0.3 is 5.69 Å². The number of ether oxygens (including phenoxy) is 1. The van der Waals surface area contributed by atoms with Crippen molar-refractivity contribution in [3.8, 4) is 11.5 Å². The van der Waals surface area contributed by atoms with Crippen molar-refractivity contribution in [2.24, 2.45) is 10.2 Å². The zero-order valence-electron chi connectivity index (χ0n) is 23.8. The summed E-state index contributed by atoms with van der Waals surface area (Å²) in [6.45, 7) is 2.18. The molecule has 6 aromatic rings. The van der Waals surface area contributed by atoms with Crippen molar-refractivity contribution in [1.82, 2.24) is 9.97 Å². The van der Waals surface area contributed by atoms with Crippen LogP contribution >= 0.6 is 0 Å². The zero-order chi connectivity index (χ0) is 30.6. The number of aromatic nitrogens is 2. The number of phenols is 1. The number of hydrogen-bond donors (Lipinski definition) is 5. The van der Waals surface area contributed by atoms with E-state index in [1.807, 2.05) is 61.5 Å². The monoisotopic (exact) mass is 588 g/mol. The number of hydrogen-bond acceptors (Lipinski definition) is 8. The summed E-state index contributed by atoms with van der Waals surface area (Å²) < 4.78 is 5.50. The number of aromatic amines is 2. The summed E-state index contributed by atoms with van der Waals surface area (Å²) in [5.74, 6) is -0.410. The predicted octanol–water partition coefficient (Wildman–Crippen LogP) is 7.24. The predicted molar refractivity (Wildman–Crippen MR) is 169 cm³/mol. The van der Waals surface area contributed by atoms with Gasteiger partial charge in [0.15, 0.2) is 5.75 Å². The summed E-state index contributed by atoms with van der Waals surface area (Å²) in [7, 11) is 1.53. The maximum Gasteiger partial charge on any atom is 0.323 e. The number of nitrogens with zero attached hydrogens (tertiary/aromatic N) is 2. The number of methoxy groups -OCH3 is 1. The van der Waals surface area contributed by atoms with Gasteiger partial charge in [0.25, 0.3) is 5.91 Å². The first-order chi connectivity index (χ1) is 21.4. The highest BCUT2D eigenvalue weighted by Gasteiger charge is 2.19. The zero-order valence-corrected chi connectivity index (χ0v) is 23.8. The minimum absolute atomic E-state index is 0.0146. The van der Waals surface area contributed by atoms with Gasteiger partial charge in [-0.2, -0.15) is 0 Å². The van der Waals surface area contributed by atoms with Gasteiger partial charge < -0.3 is 25.1 Å². The fourth-order valence-electron chi connectivity index (χ4n) is 4.80. The van der Waals surface area contributed by atoms with E-state index in [1.165, 1.54) is 7.11 Å². The molecule has 0 aliphatic rings. The number of para-hydroxylation sites is 1. The molecule has 5 N–H and O–H groups in total. The van der Waals surface area contributed by atoms with E-state index in [9.17, 15) is 14.7 Å². The van der Waals surface area contributed by atoms with Crippen molar-refractivity contribution in [1.29, 1.82) is 0 Å². The van der Waals surface area contributed by atoms with Gasteiger partial charge in [0.05, 0.1) is 36.0 Å². The van der Waals surface area contributed by atoms with Gasteiger partial charge in [0, 0.05) is 11.1 Å². The van der Waals surface area contributed by atoms with Crippen LogP contribution in [0.4, 0.5) is 22.7 Å². The number of anilines is 2. The first-order valence-corrected chi connectivity index (χ1v) is 13.7. The minimum atomic E-state index is -0.553. The van der Waals surface area contributed by atoms with Crippen LogP contribution in [0.25, 0.3) is 21.8 Å². The Labute approximate surface area is 251 Å². The third kappa shape index (κ3) is 5.98. The van der Waals surface area contributed by atoms with E-state index < -0.39 is 5.91 Å². The molecule has 0 bridgehead atoms. The maximum absolute atomic E-state index is 13.4. The van der Waals surface area contributed by atoms with Crippen LogP contribution in [0.3, 0.4) is 0 Å². The van der Waals surface area contributed by atoms with E-state index in [0.717, 1.165) is 16.8 Å². The van der Waals surface area contributed by atoms with Crippen LogP contribution in [0.1, 0.15) is 21.5 Å². The van der Waals surface area contributed by atoms with Crippen molar-refractivity contribution < 1.29 is 19.5 Å². The van der Waals surface area contributed by atoms with E-state index >= 15 is 0 Å². The van der Waals surface area contributed by atoms with Gasteiger partial charge in [-0.25, -0.2) is 4.79 Å². The Hall–Kier alpha value is -5.94. The van der Waals surface area contributed by atoms with Crippen molar-refractivity contribution in [2.75, 3.05) is 17.9 Å². The molecule has 11 nitrogen and oxygen atoms in total. The summed E-state index contributed by atoms with van der Waals surface area (Å²) >= 11 is 0. The highest BCUT2D eigenvalue weighted by atomic mass is 16.6. The molecule has 0 fully saturated rings. The van der Waals surface area contributed by atoms with E-state index in [0.29, 0.717) is 38.9 Å². The number of H-pyrrole nitrogens is 2. The standard InChI is InChI=1S/C33H28N6O5/c1-19-8-11-24-21(14-19)16-25(32(41)34-23-10-12-26-27(17-23)36-33(42)35-26)31(40)30(24)38-37-28-15-20(9-13-29(28)43-2)18-44-39-22-6-4-3-5-7-22/h3-17,39-40H,18H2,1-2H3,(H,34,41)(H2,35,36,42). The van der Waals surface area contributed by atoms with Gasteiger partial charge in [-0.1, -0.05) is 48.0 Å². The highest BCUT2D eigenvalue weighted by Crippen LogP contribution is 2.41. The topological polar surface area (TPSA) is 153 Å². The Morgan fingerprint density at radius 3 is 2.52 bits per heavy atom. The van der Waals surface area contributed by atoms with E-state index in [1.54, 1.807) is 36.4 Å². The van der Waals surface area contributed by atoms with Gasteiger partial charge in [0.2, 0.25) is 0 Å². The summed E-state index contributed by atoms with van der Waals surface area (Å²) in [5.41, 5.74) is 7.30. The molecule has 6 rings (SSSR count). The molecule has 1 aromatic heterocycles. The van der Waals surface area contributed by atoms with Gasteiger partial charge in [-0.05, 0) is 66.4 Å². The number of carbonyl (C=O) groups excluding carboxylic acids is 1. The van der Waals surface area contributed by atoms with E-state index in [4.69, 9.17) is 9.57 Å². The van der Waals surface area contributed by atoms with Crippen LogP contribution in [-0.2, 0) is 11.4 Å². The molecule has 1 heterocycles. The average Bonchev–Trinajstić information content (AvgIpc) is 3.40. The molecule has 0 aliphatic heterocycles. The lowest BCUT2D eigenvalue weighted by Gasteiger charge is -2.12. The highest BCUT2D eigenvalue weighted by molar-refractivity contribution is 6.12. The second-order valence-electron chi connectivity index (χ2n) is 10.1. The Morgan fingerprint density at radius 1 is 0.886 bits per heavy atom. The van der Waals surface area contributed by atoms with Crippen LogP contribution in [-0.4, -0.2) is 28.1 Å². The molecule has 1 amide bonds. The van der Waals surface area contributed by atoms with Gasteiger partial charge in [-0.15, -0.1) is 10.2 Å². The van der Waals surface area contributed by atoms with Crippen LogP contribution in [0, 0.1) is 6.92 Å². The molecule has 11 heteroatoms. The lowest BCUT2D eigenvalue weighted by molar-refractivity contribution is 0.102. The summed E-state index contributed by atoms with van der Waals surface area (Å²) in [5, 5.41) is 24.3. The number of rotatable bonds is 9. The molecule has 5 aromatic carbocycles. The Bertz CT molecular complexity index is 2080. The van der Waals surface area contributed by atoms with Crippen molar-refractivity contribution >= 4 is 50.5 Å². The first kappa shape index (κ1) is 28.2. The van der Waals surface area contributed by atoms with Gasteiger partial charge in [-0.3, -0.25) is 15.1 Å². The molecule has 0 aliphatic carbocycles.